The van der Waals surface area contributed by atoms with Gasteiger partial charge in [0.15, 0.2) is 0 Å². The number of nitrogens with zero attached hydrogens (tertiary/aromatic N) is 4. The fourth-order valence-electron chi connectivity index (χ4n) is 4.71. The van der Waals surface area contributed by atoms with Gasteiger partial charge in [0.25, 0.3) is 0 Å². The molecular formula is C26H29FN6OS. The number of pyridine rings is 1. The lowest BCUT2D eigenvalue weighted by atomic mass is 10.1. The molecule has 1 aromatic carbocycles. The van der Waals surface area contributed by atoms with Crippen molar-refractivity contribution >= 4 is 33.3 Å². The third-order valence-corrected chi connectivity index (χ3v) is 7.67. The van der Waals surface area contributed by atoms with Crippen LogP contribution in [0.3, 0.4) is 0 Å². The predicted octanol–water partition coefficient (Wildman–Crippen LogP) is 5.65. The number of rotatable bonds is 7. The molecule has 4 aromatic rings. The van der Waals surface area contributed by atoms with E-state index in [0.29, 0.717) is 11.9 Å². The SMILES string of the molecule is Cc1nc(NC(C)c2cccc(F)c2)nc(NC2CCC(CO)C2)c1-c1nc2c(C)nccc2s1. The number of fused-ring (bicyclic) bond motifs is 1. The van der Waals surface area contributed by atoms with Crippen molar-refractivity contribution in [3.63, 3.8) is 0 Å². The molecule has 7 nitrogen and oxygen atoms in total. The Morgan fingerprint density at radius 2 is 2.00 bits per heavy atom. The number of aliphatic hydroxyl groups is 1. The predicted molar refractivity (Wildman–Crippen MR) is 138 cm³/mol. The summed E-state index contributed by atoms with van der Waals surface area (Å²) >= 11 is 1.60. The average Bonchev–Trinajstić information content (AvgIpc) is 3.46. The van der Waals surface area contributed by atoms with Crippen LogP contribution in [-0.2, 0) is 0 Å². The second kappa shape index (κ2) is 9.83. The first-order chi connectivity index (χ1) is 16.9. The van der Waals surface area contributed by atoms with Crippen LogP contribution in [0.1, 0.15) is 49.2 Å². The molecule has 3 atom stereocenters. The van der Waals surface area contributed by atoms with Gasteiger partial charge in [0.2, 0.25) is 5.95 Å². The molecule has 3 heterocycles. The highest BCUT2D eigenvalue weighted by Crippen LogP contribution is 2.38. The first-order valence-electron chi connectivity index (χ1n) is 11.9. The Hall–Kier alpha value is -3.17. The summed E-state index contributed by atoms with van der Waals surface area (Å²) in [5.74, 6) is 1.23. The molecular weight excluding hydrogens is 463 g/mol. The zero-order valence-corrected chi connectivity index (χ0v) is 20.9. The van der Waals surface area contributed by atoms with E-state index >= 15 is 0 Å². The van der Waals surface area contributed by atoms with Gasteiger partial charge < -0.3 is 15.7 Å². The van der Waals surface area contributed by atoms with E-state index in [1.54, 1.807) is 23.6 Å². The molecule has 0 amide bonds. The maximum atomic E-state index is 13.7. The van der Waals surface area contributed by atoms with Crippen molar-refractivity contribution < 1.29 is 9.50 Å². The molecule has 1 aliphatic rings. The van der Waals surface area contributed by atoms with Gasteiger partial charge in [-0.3, -0.25) is 4.98 Å². The zero-order chi connectivity index (χ0) is 24.5. The van der Waals surface area contributed by atoms with Crippen LogP contribution in [-0.4, -0.2) is 37.7 Å². The van der Waals surface area contributed by atoms with Gasteiger partial charge in [0.05, 0.1) is 27.7 Å². The quantitative estimate of drug-likeness (QED) is 0.307. The number of thiazole rings is 1. The van der Waals surface area contributed by atoms with Crippen molar-refractivity contribution in [2.24, 2.45) is 5.92 Å². The van der Waals surface area contributed by atoms with Gasteiger partial charge in [0, 0.05) is 18.8 Å². The van der Waals surface area contributed by atoms with Crippen LogP contribution in [0.15, 0.2) is 36.5 Å². The van der Waals surface area contributed by atoms with Gasteiger partial charge in [-0.15, -0.1) is 11.3 Å². The summed E-state index contributed by atoms with van der Waals surface area (Å²) in [7, 11) is 0. The third-order valence-electron chi connectivity index (χ3n) is 6.63. The fourth-order valence-corrected chi connectivity index (χ4v) is 5.82. The number of hydrogen-bond donors (Lipinski definition) is 3. The van der Waals surface area contributed by atoms with Crippen molar-refractivity contribution in [3.05, 3.63) is 59.3 Å². The maximum Gasteiger partial charge on any atom is 0.225 e. The molecule has 1 aliphatic carbocycles. The van der Waals surface area contributed by atoms with E-state index in [1.807, 2.05) is 32.9 Å². The van der Waals surface area contributed by atoms with Crippen LogP contribution in [0.2, 0.25) is 0 Å². The number of aromatic nitrogens is 4. The lowest BCUT2D eigenvalue weighted by Crippen LogP contribution is -2.19. The molecule has 0 radical (unpaired) electrons. The Labute approximate surface area is 207 Å². The second-order valence-electron chi connectivity index (χ2n) is 9.24. The topological polar surface area (TPSA) is 95.9 Å². The van der Waals surface area contributed by atoms with E-state index in [1.165, 1.54) is 12.1 Å². The molecule has 0 bridgehead atoms. The van der Waals surface area contributed by atoms with Crippen LogP contribution in [0.4, 0.5) is 16.2 Å². The number of anilines is 2. The maximum absolute atomic E-state index is 13.7. The summed E-state index contributed by atoms with van der Waals surface area (Å²) < 4.78 is 14.8. The minimum Gasteiger partial charge on any atom is -0.396 e. The summed E-state index contributed by atoms with van der Waals surface area (Å²) in [6, 6.07) is 8.55. The van der Waals surface area contributed by atoms with Crippen molar-refractivity contribution in [3.8, 4) is 10.6 Å². The smallest absolute Gasteiger partial charge is 0.225 e. The zero-order valence-electron chi connectivity index (χ0n) is 20.0. The molecule has 0 spiro atoms. The molecule has 1 saturated carbocycles. The lowest BCUT2D eigenvalue weighted by molar-refractivity contribution is 0.229. The lowest BCUT2D eigenvalue weighted by Gasteiger charge is -2.20. The standard InChI is InChI=1S/C26H29FN6OS/c1-14(18-5-4-6-19(27)12-18)29-26-30-15(2)22(24(33-26)31-20-8-7-17(11-20)13-34)25-32-23-16(3)28-10-9-21(23)35-25/h4-6,9-10,12,14,17,20,34H,7-8,11,13H2,1-3H3,(H2,29,30,31,33). The molecule has 182 valence electrons. The Bertz CT molecular complexity index is 1360. The molecule has 35 heavy (non-hydrogen) atoms. The summed E-state index contributed by atoms with van der Waals surface area (Å²) in [6.45, 7) is 6.09. The van der Waals surface area contributed by atoms with Crippen LogP contribution in [0.5, 0.6) is 0 Å². The first-order valence-corrected chi connectivity index (χ1v) is 12.7. The van der Waals surface area contributed by atoms with Crippen molar-refractivity contribution in [2.75, 3.05) is 17.2 Å². The molecule has 3 aromatic heterocycles. The van der Waals surface area contributed by atoms with Crippen molar-refractivity contribution in [1.29, 1.82) is 0 Å². The molecule has 3 unspecified atom stereocenters. The third kappa shape index (κ3) is 4.97. The molecule has 0 aliphatic heterocycles. The number of nitrogens with one attached hydrogen (secondary N) is 2. The number of hydrogen-bond acceptors (Lipinski definition) is 8. The van der Waals surface area contributed by atoms with Crippen LogP contribution in [0.25, 0.3) is 20.8 Å². The first kappa shape index (κ1) is 23.6. The fraction of sp³-hybridized carbons (Fsp3) is 0.385. The molecule has 9 heteroatoms. The number of aryl methyl sites for hydroxylation is 2. The van der Waals surface area contributed by atoms with Gasteiger partial charge in [-0.1, -0.05) is 12.1 Å². The van der Waals surface area contributed by atoms with Gasteiger partial charge in [0.1, 0.15) is 22.2 Å². The van der Waals surface area contributed by atoms with E-state index in [2.05, 4.69) is 15.6 Å². The Morgan fingerprint density at radius 3 is 2.74 bits per heavy atom. The number of benzene rings is 1. The van der Waals surface area contributed by atoms with Crippen molar-refractivity contribution in [2.45, 2.75) is 52.1 Å². The van der Waals surface area contributed by atoms with E-state index in [-0.39, 0.29) is 24.5 Å². The molecule has 0 saturated heterocycles. The Kier molecular flexibility index (Phi) is 6.62. The molecule has 3 N–H and O–H groups in total. The average molecular weight is 493 g/mol. The highest BCUT2D eigenvalue weighted by Gasteiger charge is 2.27. The Morgan fingerprint density at radius 1 is 1.14 bits per heavy atom. The van der Waals surface area contributed by atoms with E-state index < -0.39 is 0 Å². The van der Waals surface area contributed by atoms with Gasteiger partial charge in [-0.05, 0) is 69.7 Å². The van der Waals surface area contributed by atoms with Gasteiger partial charge >= 0.3 is 0 Å². The second-order valence-corrected chi connectivity index (χ2v) is 10.3. The minimum atomic E-state index is -0.272. The summed E-state index contributed by atoms with van der Waals surface area (Å²) in [4.78, 5) is 18.9. The highest BCUT2D eigenvalue weighted by atomic mass is 32.1. The summed E-state index contributed by atoms with van der Waals surface area (Å²) in [5.41, 5.74) is 4.28. The Balaban J connectivity index is 1.53. The van der Waals surface area contributed by atoms with Gasteiger partial charge in [-0.25, -0.2) is 14.4 Å². The van der Waals surface area contributed by atoms with Crippen LogP contribution < -0.4 is 10.6 Å². The number of halogens is 1. The monoisotopic (exact) mass is 492 g/mol. The van der Waals surface area contributed by atoms with E-state index in [4.69, 9.17) is 15.0 Å². The van der Waals surface area contributed by atoms with Crippen molar-refractivity contribution in [1.82, 2.24) is 19.9 Å². The normalized spacial score (nSPS) is 18.7. The van der Waals surface area contributed by atoms with E-state index in [0.717, 1.165) is 62.8 Å². The molecule has 1 fully saturated rings. The van der Waals surface area contributed by atoms with Crippen LogP contribution in [0, 0.1) is 25.6 Å². The number of aliphatic hydroxyl groups excluding tert-OH is 1. The van der Waals surface area contributed by atoms with Gasteiger partial charge in [-0.2, -0.15) is 4.98 Å². The summed E-state index contributed by atoms with van der Waals surface area (Å²) in [5, 5.41) is 17.4. The molecule has 5 rings (SSSR count). The van der Waals surface area contributed by atoms with E-state index in [9.17, 15) is 9.50 Å². The van der Waals surface area contributed by atoms with Crippen LogP contribution >= 0.6 is 11.3 Å². The highest BCUT2D eigenvalue weighted by molar-refractivity contribution is 7.21. The largest absolute Gasteiger partial charge is 0.396 e. The summed E-state index contributed by atoms with van der Waals surface area (Å²) in [6.07, 6.45) is 4.65. The minimum absolute atomic E-state index is 0.176.